The molecule has 0 unspecified atom stereocenters. The highest BCUT2D eigenvalue weighted by Gasteiger charge is 2.34. The minimum atomic E-state index is -3.90. The van der Waals surface area contributed by atoms with Gasteiger partial charge >= 0.3 is 0 Å². The number of aryl methyl sites for hydroxylation is 1. The number of sulfonamides is 1. The molecular weight excluding hydrogens is 454 g/mol. The van der Waals surface area contributed by atoms with Gasteiger partial charge in [-0.3, -0.25) is 4.79 Å². The van der Waals surface area contributed by atoms with Crippen molar-refractivity contribution in [2.75, 3.05) is 38.3 Å². The number of ether oxygens (including phenoxy) is 2. The number of anilines is 1. The van der Waals surface area contributed by atoms with Gasteiger partial charge in [0, 0.05) is 44.5 Å². The molecule has 180 valence electrons. The van der Waals surface area contributed by atoms with Crippen LogP contribution in [0.15, 0.2) is 52.2 Å². The van der Waals surface area contributed by atoms with Crippen molar-refractivity contribution in [3.63, 3.8) is 0 Å². The molecule has 0 radical (unpaired) electrons. The third kappa shape index (κ3) is 4.19. The van der Waals surface area contributed by atoms with Gasteiger partial charge in [0.2, 0.25) is 10.0 Å². The first-order chi connectivity index (χ1) is 16.3. The van der Waals surface area contributed by atoms with E-state index in [0.717, 1.165) is 28.7 Å². The van der Waals surface area contributed by atoms with Crippen LogP contribution in [0.2, 0.25) is 0 Å². The average molecular weight is 484 g/mol. The highest BCUT2D eigenvalue weighted by molar-refractivity contribution is 7.89. The molecule has 2 aromatic carbocycles. The Bertz CT molecular complexity index is 1380. The van der Waals surface area contributed by atoms with Gasteiger partial charge in [-0.25, -0.2) is 8.42 Å². The zero-order chi connectivity index (χ0) is 23.9. The van der Waals surface area contributed by atoms with Gasteiger partial charge in [0.15, 0.2) is 0 Å². The Morgan fingerprint density at radius 2 is 1.91 bits per heavy atom. The van der Waals surface area contributed by atoms with Crippen molar-refractivity contribution in [1.29, 1.82) is 0 Å². The van der Waals surface area contributed by atoms with Crippen LogP contribution in [0.3, 0.4) is 0 Å². The maximum atomic E-state index is 13.9. The molecule has 5 rings (SSSR count). The normalized spacial score (nSPS) is 17.1. The molecule has 1 saturated heterocycles. The Morgan fingerprint density at radius 3 is 2.71 bits per heavy atom. The van der Waals surface area contributed by atoms with E-state index in [4.69, 9.17) is 9.47 Å². The second-order valence-electron chi connectivity index (χ2n) is 8.96. The van der Waals surface area contributed by atoms with Crippen molar-refractivity contribution >= 4 is 26.6 Å². The fourth-order valence-electron chi connectivity index (χ4n) is 4.73. The van der Waals surface area contributed by atoms with Crippen molar-refractivity contribution in [3.05, 3.63) is 63.9 Å². The first-order valence-corrected chi connectivity index (χ1v) is 13.0. The Kier molecular flexibility index (Phi) is 6.09. The molecule has 3 aromatic rings. The Hall–Kier alpha value is -2.88. The number of aromatic amines is 1. The van der Waals surface area contributed by atoms with E-state index < -0.39 is 10.0 Å². The molecule has 1 N–H and O–H groups in total. The lowest BCUT2D eigenvalue weighted by atomic mass is 10.1. The molecule has 1 fully saturated rings. The fraction of sp³-hybridized carbons (Fsp3) is 0.400. The summed E-state index contributed by atoms with van der Waals surface area (Å²) >= 11 is 0. The summed E-state index contributed by atoms with van der Waals surface area (Å²) < 4.78 is 40.6. The van der Waals surface area contributed by atoms with E-state index in [0.29, 0.717) is 44.0 Å². The summed E-state index contributed by atoms with van der Waals surface area (Å²) in [6, 6.07) is 12.3. The van der Waals surface area contributed by atoms with Crippen LogP contribution in [-0.2, 0) is 21.3 Å². The molecule has 0 bridgehead atoms. The largest absolute Gasteiger partial charge is 0.490 e. The molecule has 8 nitrogen and oxygen atoms in total. The first kappa shape index (κ1) is 22.9. The topological polar surface area (TPSA) is 91.9 Å². The summed E-state index contributed by atoms with van der Waals surface area (Å²) in [5.41, 5.74) is 2.75. The second kappa shape index (κ2) is 9.05. The van der Waals surface area contributed by atoms with E-state index >= 15 is 0 Å². The van der Waals surface area contributed by atoms with E-state index in [9.17, 15) is 13.2 Å². The molecule has 0 saturated carbocycles. The molecule has 2 aliphatic heterocycles. The average Bonchev–Trinajstić information content (AvgIpc) is 2.84. The van der Waals surface area contributed by atoms with Gasteiger partial charge in [-0.15, -0.1) is 0 Å². The number of pyridine rings is 1. The van der Waals surface area contributed by atoms with Crippen LogP contribution in [0.25, 0.3) is 10.9 Å². The molecule has 0 atom stereocenters. The lowest BCUT2D eigenvalue weighted by Gasteiger charge is -2.34. The van der Waals surface area contributed by atoms with E-state index in [1.54, 1.807) is 24.3 Å². The van der Waals surface area contributed by atoms with E-state index in [1.165, 1.54) is 4.31 Å². The third-order valence-corrected chi connectivity index (χ3v) is 8.62. The SMILES string of the molecule is Cc1cccc2cc(CN(C3CCOCC3)S(=O)(=O)c3ccc4c(c3)OCCN4C)c(=O)[nH]c12. The molecule has 0 aliphatic carbocycles. The first-order valence-electron chi connectivity index (χ1n) is 11.5. The summed E-state index contributed by atoms with van der Waals surface area (Å²) in [6.45, 7) is 4.15. The summed E-state index contributed by atoms with van der Waals surface area (Å²) in [7, 11) is -1.95. The predicted molar refractivity (Wildman–Crippen MR) is 131 cm³/mol. The molecule has 2 aliphatic rings. The van der Waals surface area contributed by atoms with E-state index in [1.807, 2.05) is 37.1 Å². The Morgan fingerprint density at radius 1 is 1.12 bits per heavy atom. The van der Waals surface area contributed by atoms with Crippen molar-refractivity contribution in [1.82, 2.24) is 9.29 Å². The monoisotopic (exact) mass is 483 g/mol. The fourth-order valence-corrected chi connectivity index (χ4v) is 6.41. The number of fused-ring (bicyclic) bond motifs is 2. The van der Waals surface area contributed by atoms with Crippen molar-refractivity contribution in [3.8, 4) is 5.75 Å². The predicted octanol–water partition coefficient (Wildman–Crippen LogP) is 3.04. The lowest BCUT2D eigenvalue weighted by Crippen LogP contribution is -2.43. The summed E-state index contributed by atoms with van der Waals surface area (Å²) in [5.74, 6) is 0.556. The van der Waals surface area contributed by atoms with E-state index in [2.05, 4.69) is 4.98 Å². The molecule has 34 heavy (non-hydrogen) atoms. The highest BCUT2D eigenvalue weighted by Crippen LogP contribution is 2.35. The van der Waals surface area contributed by atoms with E-state index in [-0.39, 0.29) is 23.0 Å². The van der Waals surface area contributed by atoms with Crippen LogP contribution in [-0.4, -0.2) is 57.2 Å². The lowest BCUT2D eigenvalue weighted by molar-refractivity contribution is 0.0569. The molecule has 0 amide bonds. The van der Waals surface area contributed by atoms with Crippen LogP contribution in [0.5, 0.6) is 5.75 Å². The zero-order valence-corrected chi connectivity index (χ0v) is 20.2. The number of nitrogens with zero attached hydrogens (tertiary/aromatic N) is 2. The van der Waals surface area contributed by atoms with Gasteiger partial charge in [0.1, 0.15) is 12.4 Å². The van der Waals surface area contributed by atoms with Gasteiger partial charge in [0.25, 0.3) is 5.56 Å². The summed E-state index contributed by atoms with van der Waals surface area (Å²) in [6.07, 6.45) is 1.15. The number of rotatable bonds is 5. The molecule has 0 spiro atoms. The van der Waals surface area contributed by atoms with Crippen molar-refractivity contribution in [2.24, 2.45) is 0 Å². The van der Waals surface area contributed by atoms with Crippen LogP contribution in [0.1, 0.15) is 24.0 Å². The number of H-pyrrole nitrogens is 1. The molecular formula is C25H29N3O5S. The van der Waals surface area contributed by atoms with Gasteiger partial charge < -0.3 is 19.4 Å². The molecule has 3 heterocycles. The van der Waals surface area contributed by atoms with Crippen LogP contribution >= 0.6 is 0 Å². The van der Waals surface area contributed by atoms with Gasteiger partial charge in [-0.1, -0.05) is 18.2 Å². The second-order valence-corrected chi connectivity index (χ2v) is 10.8. The van der Waals surface area contributed by atoms with Crippen LogP contribution in [0, 0.1) is 6.92 Å². The zero-order valence-electron chi connectivity index (χ0n) is 19.4. The number of aromatic nitrogens is 1. The maximum absolute atomic E-state index is 13.9. The van der Waals surface area contributed by atoms with Crippen molar-refractivity contribution < 1.29 is 17.9 Å². The van der Waals surface area contributed by atoms with Gasteiger partial charge in [-0.05, 0) is 48.9 Å². The smallest absolute Gasteiger partial charge is 0.252 e. The molecule has 9 heteroatoms. The number of nitrogens with one attached hydrogen (secondary N) is 1. The Labute approximate surface area is 199 Å². The molecule has 1 aromatic heterocycles. The summed E-state index contributed by atoms with van der Waals surface area (Å²) in [5, 5.41) is 0.879. The van der Waals surface area contributed by atoms with Gasteiger partial charge in [0.05, 0.1) is 22.6 Å². The number of likely N-dealkylation sites (N-methyl/N-ethyl adjacent to an activating group) is 1. The van der Waals surface area contributed by atoms with Crippen LogP contribution in [0.4, 0.5) is 5.69 Å². The summed E-state index contributed by atoms with van der Waals surface area (Å²) in [4.78, 5) is 18.1. The maximum Gasteiger partial charge on any atom is 0.252 e. The number of hydrogen-bond donors (Lipinski definition) is 1. The number of benzene rings is 2. The quantitative estimate of drug-likeness (QED) is 0.600. The number of para-hydroxylation sites is 1. The number of hydrogen-bond acceptors (Lipinski definition) is 6. The standard InChI is InChI=1S/C25H29N3O5S/c1-17-4-3-5-18-14-19(25(29)26-24(17)18)16-28(20-8-11-32-12-9-20)34(30,31)21-6-7-22-23(15-21)33-13-10-27(22)2/h3-7,14-15,20H,8-13,16H2,1-2H3,(H,26,29). The minimum Gasteiger partial charge on any atom is -0.490 e. The highest BCUT2D eigenvalue weighted by atomic mass is 32.2. The van der Waals surface area contributed by atoms with Crippen LogP contribution < -0.4 is 15.2 Å². The minimum absolute atomic E-state index is 0.00986. The van der Waals surface area contributed by atoms with Crippen molar-refractivity contribution in [2.45, 2.75) is 37.2 Å². The van der Waals surface area contributed by atoms with Gasteiger partial charge in [-0.2, -0.15) is 4.31 Å². The Balaban J connectivity index is 1.56. The third-order valence-electron chi connectivity index (χ3n) is 6.72.